The SMILES string of the molecule is CC(=O)c1c(C)[nH]c(C(=O)[C@@H](C)SC2CCCCC2)c1C. The summed E-state index contributed by atoms with van der Waals surface area (Å²) in [6.07, 6.45) is 6.35. The van der Waals surface area contributed by atoms with E-state index in [0.29, 0.717) is 16.5 Å². The summed E-state index contributed by atoms with van der Waals surface area (Å²) in [5, 5.41) is 0.561. The molecule has 0 amide bonds. The molecule has 1 fully saturated rings. The van der Waals surface area contributed by atoms with E-state index in [9.17, 15) is 9.59 Å². The quantitative estimate of drug-likeness (QED) is 0.816. The Morgan fingerprint density at radius 3 is 2.33 bits per heavy atom. The minimum atomic E-state index is -0.0512. The molecule has 0 bridgehead atoms. The third-order valence-corrected chi connectivity index (χ3v) is 5.83. The Morgan fingerprint density at radius 1 is 1.19 bits per heavy atom. The smallest absolute Gasteiger partial charge is 0.191 e. The number of hydrogen-bond acceptors (Lipinski definition) is 3. The van der Waals surface area contributed by atoms with Gasteiger partial charge in [-0.1, -0.05) is 19.3 Å². The molecule has 116 valence electrons. The normalized spacial score (nSPS) is 17.7. The van der Waals surface area contributed by atoms with Crippen LogP contribution in [0.4, 0.5) is 0 Å². The molecule has 0 aromatic carbocycles. The summed E-state index contributed by atoms with van der Waals surface area (Å²) in [6, 6.07) is 0. The lowest BCUT2D eigenvalue weighted by Gasteiger charge is -2.23. The van der Waals surface area contributed by atoms with Gasteiger partial charge >= 0.3 is 0 Å². The molecule has 3 nitrogen and oxygen atoms in total. The molecule has 0 radical (unpaired) electrons. The molecule has 0 saturated heterocycles. The number of carbonyl (C=O) groups excluding carboxylic acids is 2. The number of nitrogens with one attached hydrogen (secondary N) is 1. The summed E-state index contributed by atoms with van der Waals surface area (Å²) >= 11 is 1.80. The second kappa shape index (κ2) is 6.82. The van der Waals surface area contributed by atoms with Crippen molar-refractivity contribution < 1.29 is 9.59 Å². The third-order valence-electron chi connectivity index (χ3n) is 4.35. The number of ketones is 2. The van der Waals surface area contributed by atoms with E-state index in [1.165, 1.54) is 32.1 Å². The lowest BCUT2D eigenvalue weighted by Crippen LogP contribution is -2.20. The minimum absolute atomic E-state index is 0.0212. The van der Waals surface area contributed by atoms with Crippen LogP contribution in [0.3, 0.4) is 0 Å². The fourth-order valence-electron chi connectivity index (χ4n) is 3.28. The van der Waals surface area contributed by atoms with Crippen molar-refractivity contribution in [3.8, 4) is 0 Å². The maximum atomic E-state index is 12.7. The fraction of sp³-hybridized carbons (Fsp3) is 0.647. The number of hydrogen-bond donors (Lipinski definition) is 1. The van der Waals surface area contributed by atoms with Crippen LogP contribution in [0.2, 0.25) is 0 Å². The van der Waals surface area contributed by atoms with Crippen LogP contribution in [0.1, 0.15) is 78.1 Å². The zero-order chi connectivity index (χ0) is 15.6. The van der Waals surface area contributed by atoms with Crippen molar-refractivity contribution in [1.82, 2.24) is 4.98 Å². The van der Waals surface area contributed by atoms with Gasteiger partial charge in [0.25, 0.3) is 0 Å². The number of Topliss-reactive ketones (excluding diaryl/α,β-unsaturated/α-hetero) is 2. The largest absolute Gasteiger partial charge is 0.355 e. The summed E-state index contributed by atoms with van der Waals surface area (Å²) in [7, 11) is 0. The van der Waals surface area contributed by atoms with Gasteiger partial charge in [0.1, 0.15) is 0 Å². The minimum Gasteiger partial charge on any atom is -0.355 e. The van der Waals surface area contributed by atoms with Crippen molar-refractivity contribution in [2.24, 2.45) is 0 Å². The van der Waals surface area contributed by atoms with Crippen molar-refractivity contribution in [3.63, 3.8) is 0 Å². The summed E-state index contributed by atoms with van der Waals surface area (Å²) in [5.41, 5.74) is 2.90. The Balaban J connectivity index is 2.12. The van der Waals surface area contributed by atoms with Gasteiger partial charge in [-0.3, -0.25) is 9.59 Å². The second-order valence-corrected chi connectivity index (χ2v) is 7.73. The van der Waals surface area contributed by atoms with Crippen molar-refractivity contribution in [1.29, 1.82) is 0 Å². The van der Waals surface area contributed by atoms with Crippen molar-refractivity contribution in [3.05, 3.63) is 22.5 Å². The Kier molecular flexibility index (Phi) is 5.31. The van der Waals surface area contributed by atoms with Gasteiger partial charge in [-0.25, -0.2) is 0 Å². The fourth-order valence-corrected chi connectivity index (χ4v) is 4.70. The number of aromatic amines is 1. The van der Waals surface area contributed by atoms with Crippen LogP contribution in [0, 0.1) is 13.8 Å². The lowest BCUT2D eigenvalue weighted by molar-refractivity contribution is 0.0988. The molecule has 4 heteroatoms. The van der Waals surface area contributed by atoms with Gasteiger partial charge in [0, 0.05) is 16.5 Å². The van der Waals surface area contributed by atoms with E-state index < -0.39 is 0 Å². The molecule has 0 aliphatic heterocycles. The number of aryl methyl sites for hydroxylation is 1. The zero-order valence-electron chi connectivity index (χ0n) is 13.4. The van der Waals surface area contributed by atoms with Crippen molar-refractivity contribution >= 4 is 23.3 Å². The molecule has 1 aliphatic rings. The van der Waals surface area contributed by atoms with Gasteiger partial charge in [0.2, 0.25) is 0 Å². The summed E-state index contributed by atoms with van der Waals surface area (Å²) in [5.74, 6) is 0.145. The first-order valence-electron chi connectivity index (χ1n) is 7.81. The molecule has 1 aliphatic carbocycles. The molecule has 1 N–H and O–H groups in total. The first-order valence-corrected chi connectivity index (χ1v) is 8.75. The van der Waals surface area contributed by atoms with Gasteiger partial charge in [0.15, 0.2) is 11.6 Å². The Bertz CT molecular complexity index is 541. The predicted molar refractivity (Wildman–Crippen MR) is 88.5 cm³/mol. The Hall–Kier alpha value is -1.03. The van der Waals surface area contributed by atoms with Crippen LogP contribution in [-0.4, -0.2) is 27.1 Å². The molecule has 1 heterocycles. The van der Waals surface area contributed by atoms with Crippen LogP contribution in [-0.2, 0) is 0 Å². The summed E-state index contributed by atoms with van der Waals surface area (Å²) in [6.45, 7) is 7.27. The van der Waals surface area contributed by atoms with Gasteiger partial charge in [-0.2, -0.15) is 0 Å². The molecule has 1 aromatic heterocycles. The van der Waals surface area contributed by atoms with Crippen LogP contribution in [0.15, 0.2) is 0 Å². The standard InChI is InChI=1S/C17H25NO2S/c1-10-15(12(3)19)11(2)18-16(10)17(20)13(4)21-14-8-6-5-7-9-14/h13-14,18H,5-9H2,1-4H3/t13-/m1/s1. The zero-order valence-corrected chi connectivity index (χ0v) is 14.2. The van der Waals surface area contributed by atoms with Crippen LogP contribution in [0.5, 0.6) is 0 Å². The molecule has 21 heavy (non-hydrogen) atoms. The molecule has 0 spiro atoms. The monoisotopic (exact) mass is 307 g/mol. The van der Waals surface area contributed by atoms with Crippen molar-refractivity contribution in [2.75, 3.05) is 0 Å². The van der Waals surface area contributed by atoms with Gasteiger partial charge in [-0.05, 0) is 46.1 Å². The molecule has 1 saturated carbocycles. The Labute approximate surface area is 131 Å². The van der Waals surface area contributed by atoms with Gasteiger partial charge < -0.3 is 4.98 Å². The Morgan fingerprint density at radius 2 is 1.81 bits per heavy atom. The van der Waals surface area contributed by atoms with Crippen LogP contribution < -0.4 is 0 Å². The van der Waals surface area contributed by atoms with E-state index in [2.05, 4.69) is 4.98 Å². The summed E-state index contributed by atoms with van der Waals surface area (Å²) < 4.78 is 0. The van der Waals surface area contributed by atoms with E-state index >= 15 is 0 Å². The molecular weight excluding hydrogens is 282 g/mol. The predicted octanol–water partition coefficient (Wildman–Crippen LogP) is 4.47. The highest BCUT2D eigenvalue weighted by atomic mass is 32.2. The number of carbonyl (C=O) groups is 2. The lowest BCUT2D eigenvalue weighted by atomic mass is 10.0. The van der Waals surface area contributed by atoms with Crippen molar-refractivity contribution in [2.45, 2.75) is 70.3 Å². The number of rotatable bonds is 5. The molecular formula is C17H25NO2S. The first kappa shape index (κ1) is 16.3. The number of thioether (sulfide) groups is 1. The van der Waals surface area contributed by atoms with Gasteiger partial charge in [-0.15, -0.1) is 11.8 Å². The maximum Gasteiger partial charge on any atom is 0.191 e. The first-order chi connectivity index (χ1) is 9.91. The maximum absolute atomic E-state index is 12.7. The van der Waals surface area contributed by atoms with Crippen LogP contribution in [0.25, 0.3) is 0 Å². The van der Waals surface area contributed by atoms with Gasteiger partial charge in [0.05, 0.1) is 10.9 Å². The van der Waals surface area contributed by atoms with E-state index in [1.807, 2.05) is 20.8 Å². The third kappa shape index (κ3) is 3.60. The second-order valence-electron chi connectivity index (χ2n) is 6.08. The number of H-pyrrole nitrogens is 1. The molecule has 1 aromatic rings. The highest BCUT2D eigenvalue weighted by Gasteiger charge is 2.26. The van der Waals surface area contributed by atoms with E-state index in [0.717, 1.165) is 11.3 Å². The van der Waals surface area contributed by atoms with E-state index in [4.69, 9.17) is 0 Å². The number of aromatic nitrogens is 1. The van der Waals surface area contributed by atoms with E-state index in [1.54, 1.807) is 18.7 Å². The molecule has 2 rings (SSSR count). The topological polar surface area (TPSA) is 49.9 Å². The average Bonchev–Trinajstić information content (AvgIpc) is 2.74. The highest BCUT2D eigenvalue weighted by Crippen LogP contribution is 2.32. The summed E-state index contributed by atoms with van der Waals surface area (Å²) in [4.78, 5) is 27.5. The molecule has 1 atom stereocenters. The van der Waals surface area contributed by atoms with Crippen LogP contribution >= 0.6 is 11.8 Å². The highest BCUT2D eigenvalue weighted by molar-refractivity contribution is 8.01. The average molecular weight is 307 g/mol. The van der Waals surface area contributed by atoms with E-state index in [-0.39, 0.29) is 16.8 Å². The molecule has 0 unspecified atom stereocenters.